The number of aliphatic hydroxyl groups is 4. The third-order valence-corrected chi connectivity index (χ3v) is 9.65. The molecular weight excluding hydrogens is 652 g/mol. The highest BCUT2D eigenvalue weighted by molar-refractivity contribution is 5.70. The van der Waals surface area contributed by atoms with Crippen LogP contribution >= 0.6 is 0 Å². The highest BCUT2D eigenvalue weighted by atomic mass is 16.7. The Labute approximate surface area is 310 Å². The quantitative estimate of drug-likeness (QED) is 0.0291. The van der Waals surface area contributed by atoms with Crippen molar-refractivity contribution in [3.63, 3.8) is 0 Å². The van der Waals surface area contributed by atoms with Crippen molar-refractivity contribution in [1.82, 2.24) is 0 Å². The SMILES string of the molecule is CCCCCCCCCC/C=C\CCCCCCCCCCCC(=O)OC(COC(=O)CCCCCCC)COC1OC(CO)C(O)C(O)C1O. The van der Waals surface area contributed by atoms with Crippen LogP contribution in [0.1, 0.15) is 181 Å². The van der Waals surface area contributed by atoms with Gasteiger partial charge in [-0.05, 0) is 38.5 Å². The zero-order chi connectivity index (χ0) is 37.4. The second-order valence-electron chi connectivity index (χ2n) is 14.4. The predicted molar refractivity (Wildman–Crippen MR) is 201 cm³/mol. The molecule has 0 saturated carbocycles. The van der Waals surface area contributed by atoms with Crippen LogP contribution in [0.3, 0.4) is 0 Å². The van der Waals surface area contributed by atoms with Gasteiger partial charge in [-0.1, -0.05) is 142 Å². The largest absolute Gasteiger partial charge is 0.462 e. The molecule has 0 aromatic carbocycles. The zero-order valence-corrected chi connectivity index (χ0v) is 32.4. The molecule has 6 unspecified atom stereocenters. The maximum absolute atomic E-state index is 12.7. The van der Waals surface area contributed by atoms with Gasteiger partial charge in [-0.2, -0.15) is 0 Å². The molecule has 10 heteroatoms. The van der Waals surface area contributed by atoms with E-state index in [1.54, 1.807) is 0 Å². The molecule has 1 fully saturated rings. The molecule has 0 spiro atoms. The number of ether oxygens (including phenoxy) is 4. The minimum absolute atomic E-state index is 0.216. The highest BCUT2D eigenvalue weighted by Gasteiger charge is 2.44. The molecule has 6 atom stereocenters. The van der Waals surface area contributed by atoms with Gasteiger partial charge in [-0.3, -0.25) is 9.59 Å². The number of esters is 2. The second-order valence-corrected chi connectivity index (χ2v) is 14.4. The van der Waals surface area contributed by atoms with E-state index in [4.69, 9.17) is 18.9 Å². The van der Waals surface area contributed by atoms with Gasteiger partial charge in [-0.25, -0.2) is 0 Å². The van der Waals surface area contributed by atoms with E-state index < -0.39 is 49.4 Å². The minimum atomic E-state index is -1.59. The van der Waals surface area contributed by atoms with E-state index in [0.29, 0.717) is 6.42 Å². The van der Waals surface area contributed by atoms with Crippen LogP contribution in [0.25, 0.3) is 0 Å². The molecule has 4 N–H and O–H groups in total. The van der Waals surface area contributed by atoms with Gasteiger partial charge >= 0.3 is 11.9 Å². The van der Waals surface area contributed by atoms with Gasteiger partial charge < -0.3 is 39.4 Å². The summed E-state index contributed by atoms with van der Waals surface area (Å²) >= 11 is 0. The number of hydrogen-bond acceptors (Lipinski definition) is 10. The van der Waals surface area contributed by atoms with Gasteiger partial charge in [0.25, 0.3) is 0 Å². The van der Waals surface area contributed by atoms with Crippen LogP contribution < -0.4 is 0 Å². The van der Waals surface area contributed by atoms with Crippen LogP contribution in [0.4, 0.5) is 0 Å². The normalized spacial score (nSPS) is 21.3. The molecule has 1 aliphatic heterocycles. The van der Waals surface area contributed by atoms with E-state index in [9.17, 15) is 30.0 Å². The fraction of sp³-hybridized carbons (Fsp3) is 0.902. The van der Waals surface area contributed by atoms with Crippen molar-refractivity contribution in [2.75, 3.05) is 19.8 Å². The summed E-state index contributed by atoms with van der Waals surface area (Å²) in [6.07, 6.45) is 25.6. The topological polar surface area (TPSA) is 152 Å². The summed E-state index contributed by atoms with van der Waals surface area (Å²) < 4.78 is 21.9. The first kappa shape index (κ1) is 47.5. The van der Waals surface area contributed by atoms with E-state index in [2.05, 4.69) is 26.0 Å². The predicted octanol–water partition coefficient (Wildman–Crippen LogP) is 8.00. The smallest absolute Gasteiger partial charge is 0.306 e. The second kappa shape index (κ2) is 33.0. The van der Waals surface area contributed by atoms with Crippen molar-refractivity contribution in [3.8, 4) is 0 Å². The maximum Gasteiger partial charge on any atom is 0.306 e. The van der Waals surface area contributed by atoms with Gasteiger partial charge in [0.15, 0.2) is 12.4 Å². The molecule has 0 amide bonds. The zero-order valence-electron chi connectivity index (χ0n) is 32.4. The highest BCUT2D eigenvalue weighted by Crippen LogP contribution is 2.22. The summed E-state index contributed by atoms with van der Waals surface area (Å²) in [5.41, 5.74) is 0. The third kappa shape index (κ3) is 25.2. The number of allylic oxidation sites excluding steroid dienone is 2. The minimum Gasteiger partial charge on any atom is -0.462 e. The van der Waals surface area contributed by atoms with Crippen molar-refractivity contribution < 1.29 is 49.0 Å². The van der Waals surface area contributed by atoms with Gasteiger partial charge in [0.2, 0.25) is 0 Å². The van der Waals surface area contributed by atoms with Gasteiger partial charge in [0, 0.05) is 12.8 Å². The van der Waals surface area contributed by atoms with E-state index in [1.165, 1.54) is 96.3 Å². The van der Waals surface area contributed by atoms with Crippen molar-refractivity contribution >= 4 is 11.9 Å². The Morgan fingerprint density at radius 1 is 0.588 bits per heavy atom. The van der Waals surface area contributed by atoms with Gasteiger partial charge in [0.05, 0.1) is 13.2 Å². The number of aliphatic hydroxyl groups excluding tert-OH is 4. The molecule has 1 heterocycles. The Bertz CT molecular complexity index is 850. The summed E-state index contributed by atoms with van der Waals surface area (Å²) in [7, 11) is 0. The maximum atomic E-state index is 12.7. The lowest BCUT2D eigenvalue weighted by atomic mass is 9.99. The molecule has 0 aromatic rings. The first-order valence-corrected chi connectivity index (χ1v) is 20.8. The standard InChI is InChI=1S/C41H76O10/c1-3-5-7-9-10-11-12-13-14-15-16-17-18-19-20-21-22-23-24-26-28-30-37(44)50-34(32-48-36(43)29-27-25-8-6-4-2)33-49-41-40(47)39(46)38(45)35(31-42)51-41/h15-16,34-35,38-42,45-47H,3-14,17-33H2,1-2H3/b16-15-. The number of rotatable bonds is 34. The summed E-state index contributed by atoms with van der Waals surface area (Å²) in [6, 6.07) is 0. The Hall–Kier alpha value is -1.56. The first-order chi connectivity index (χ1) is 24.8. The van der Waals surface area contributed by atoms with Gasteiger partial charge in [-0.15, -0.1) is 0 Å². The van der Waals surface area contributed by atoms with Crippen molar-refractivity contribution in [2.24, 2.45) is 0 Å². The van der Waals surface area contributed by atoms with E-state index in [-0.39, 0.29) is 32.0 Å². The van der Waals surface area contributed by atoms with E-state index in [0.717, 1.165) is 51.4 Å². The third-order valence-electron chi connectivity index (χ3n) is 9.65. The molecule has 0 aromatic heterocycles. The number of carbonyl (C=O) groups is 2. The van der Waals surface area contributed by atoms with Crippen LogP contribution in [0.2, 0.25) is 0 Å². The molecule has 1 saturated heterocycles. The lowest BCUT2D eigenvalue weighted by molar-refractivity contribution is -0.305. The lowest BCUT2D eigenvalue weighted by Gasteiger charge is -2.39. The Balaban J connectivity index is 2.23. The number of hydrogen-bond donors (Lipinski definition) is 4. The lowest BCUT2D eigenvalue weighted by Crippen LogP contribution is -2.59. The monoisotopic (exact) mass is 729 g/mol. The average Bonchev–Trinajstić information content (AvgIpc) is 3.12. The fourth-order valence-corrected chi connectivity index (χ4v) is 6.30. The summed E-state index contributed by atoms with van der Waals surface area (Å²) in [5, 5.41) is 39.8. The van der Waals surface area contributed by atoms with Gasteiger partial charge in [0.1, 0.15) is 31.0 Å². The average molecular weight is 729 g/mol. The Kier molecular flexibility index (Phi) is 30.7. The fourth-order valence-electron chi connectivity index (χ4n) is 6.30. The van der Waals surface area contributed by atoms with Crippen LogP contribution in [-0.4, -0.2) is 89.0 Å². The van der Waals surface area contributed by atoms with E-state index in [1.807, 2.05) is 0 Å². The molecule has 300 valence electrons. The number of carbonyl (C=O) groups excluding carboxylic acids is 2. The van der Waals surface area contributed by atoms with Crippen molar-refractivity contribution in [3.05, 3.63) is 12.2 Å². The van der Waals surface area contributed by atoms with Crippen molar-refractivity contribution in [2.45, 2.75) is 218 Å². The van der Waals surface area contributed by atoms with Crippen molar-refractivity contribution in [1.29, 1.82) is 0 Å². The summed E-state index contributed by atoms with van der Waals surface area (Å²) in [4.78, 5) is 25.0. The molecule has 51 heavy (non-hydrogen) atoms. The molecule has 0 aliphatic carbocycles. The van der Waals surface area contributed by atoms with Crippen LogP contribution in [0.15, 0.2) is 12.2 Å². The first-order valence-electron chi connectivity index (χ1n) is 20.8. The molecular formula is C41H76O10. The molecule has 1 rings (SSSR count). The van der Waals surface area contributed by atoms with E-state index >= 15 is 0 Å². The molecule has 10 nitrogen and oxygen atoms in total. The molecule has 0 radical (unpaired) electrons. The molecule has 1 aliphatic rings. The van der Waals surface area contributed by atoms with Crippen LogP contribution in [-0.2, 0) is 28.5 Å². The van der Waals surface area contributed by atoms with Crippen LogP contribution in [0.5, 0.6) is 0 Å². The van der Waals surface area contributed by atoms with Crippen LogP contribution in [0, 0.1) is 0 Å². The molecule has 0 bridgehead atoms. The Morgan fingerprint density at radius 2 is 1.04 bits per heavy atom. The Morgan fingerprint density at radius 3 is 1.53 bits per heavy atom. The summed E-state index contributed by atoms with van der Waals surface area (Å²) in [5.74, 6) is -0.818. The summed E-state index contributed by atoms with van der Waals surface area (Å²) in [6.45, 7) is 3.32. The number of unbranched alkanes of at least 4 members (excludes halogenated alkanes) is 21.